The van der Waals surface area contributed by atoms with Crippen molar-refractivity contribution in [1.29, 1.82) is 0 Å². The van der Waals surface area contributed by atoms with Gasteiger partial charge in [-0.3, -0.25) is 0 Å². The summed E-state index contributed by atoms with van der Waals surface area (Å²) in [5.41, 5.74) is 2.61. The summed E-state index contributed by atoms with van der Waals surface area (Å²) in [6, 6.07) is 21.7. The van der Waals surface area contributed by atoms with Crippen molar-refractivity contribution in [3.05, 3.63) is 71.8 Å². The van der Waals surface area contributed by atoms with Crippen molar-refractivity contribution in [3.8, 4) is 0 Å². The number of aliphatic hydroxyl groups is 1. The van der Waals surface area contributed by atoms with E-state index in [1.54, 1.807) is 0 Å². The van der Waals surface area contributed by atoms with Gasteiger partial charge in [0.05, 0.1) is 6.10 Å². The van der Waals surface area contributed by atoms with Crippen LogP contribution in [-0.4, -0.2) is 11.2 Å². The Balaban J connectivity index is 1.87. The van der Waals surface area contributed by atoms with Crippen LogP contribution >= 0.6 is 0 Å². The highest BCUT2D eigenvalue weighted by atomic mass is 16.3. The fraction of sp³-hybridized carbons (Fsp3) is 0.333. The lowest BCUT2D eigenvalue weighted by Gasteiger charge is -2.36. The molecule has 1 fully saturated rings. The van der Waals surface area contributed by atoms with E-state index in [-0.39, 0.29) is 12.0 Å². The van der Waals surface area contributed by atoms with Crippen LogP contribution in [0.3, 0.4) is 0 Å². The SMILES string of the molecule is C[C@@H]1[C@@H](c2ccccc2)[NH2+][C@@H](c2ccccc2)C[C@@H]1O. The Morgan fingerprint density at radius 1 is 0.900 bits per heavy atom. The van der Waals surface area contributed by atoms with E-state index >= 15 is 0 Å². The molecule has 1 aliphatic heterocycles. The number of hydrogen-bond donors (Lipinski definition) is 2. The molecule has 1 aliphatic rings. The maximum absolute atomic E-state index is 10.4. The van der Waals surface area contributed by atoms with Gasteiger partial charge in [-0.15, -0.1) is 0 Å². The van der Waals surface area contributed by atoms with E-state index in [1.165, 1.54) is 11.1 Å². The molecule has 2 nitrogen and oxygen atoms in total. The zero-order chi connectivity index (χ0) is 13.9. The van der Waals surface area contributed by atoms with E-state index in [0.717, 1.165) is 6.42 Å². The topological polar surface area (TPSA) is 36.8 Å². The molecule has 0 aliphatic carbocycles. The molecular formula is C18H22NO+. The van der Waals surface area contributed by atoms with Gasteiger partial charge in [0.25, 0.3) is 0 Å². The highest BCUT2D eigenvalue weighted by molar-refractivity contribution is 5.21. The van der Waals surface area contributed by atoms with Gasteiger partial charge in [0.1, 0.15) is 12.1 Å². The summed E-state index contributed by atoms with van der Waals surface area (Å²) in [6.45, 7) is 2.15. The van der Waals surface area contributed by atoms with Crippen LogP contribution in [-0.2, 0) is 0 Å². The molecule has 2 aromatic rings. The van der Waals surface area contributed by atoms with Crippen molar-refractivity contribution in [2.45, 2.75) is 31.5 Å². The monoisotopic (exact) mass is 268 g/mol. The van der Waals surface area contributed by atoms with Crippen molar-refractivity contribution in [2.24, 2.45) is 5.92 Å². The van der Waals surface area contributed by atoms with Gasteiger partial charge in [0.2, 0.25) is 0 Å². The Bertz CT molecular complexity index is 540. The number of benzene rings is 2. The first-order valence-corrected chi connectivity index (χ1v) is 7.38. The summed E-state index contributed by atoms with van der Waals surface area (Å²) in [6.07, 6.45) is 0.588. The zero-order valence-electron chi connectivity index (χ0n) is 11.8. The summed E-state index contributed by atoms with van der Waals surface area (Å²) in [5, 5.41) is 12.8. The fourth-order valence-electron chi connectivity index (χ4n) is 3.26. The molecule has 0 radical (unpaired) electrons. The molecule has 0 saturated carbocycles. The second kappa shape index (κ2) is 5.78. The van der Waals surface area contributed by atoms with Crippen LogP contribution in [0.1, 0.15) is 36.6 Å². The van der Waals surface area contributed by atoms with Crippen molar-refractivity contribution in [1.82, 2.24) is 0 Å². The minimum atomic E-state index is -0.240. The van der Waals surface area contributed by atoms with Crippen LogP contribution in [0.15, 0.2) is 60.7 Å². The Morgan fingerprint density at radius 2 is 1.45 bits per heavy atom. The lowest BCUT2D eigenvalue weighted by atomic mass is 9.81. The highest BCUT2D eigenvalue weighted by Crippen LogP contribution is 2.31. The van der Waals surface area contributed by atoms with Crippen LogP contribution < -0.4 is 5.32 Å². The third-order valence-electron chi connectivity index (χ3n) is 4.52. The zero-order valence-corrected chi connectivity index (χ0v) is 11.8. The largest absolute Gasteiger partial charge is 0.392 e. The fourth-order valence-corrected chi connectivity index (χ4v) is 3.26. The molecule has 1 heterocycles. The minimum absolute atomic E-state index is 0.240. The Kier molecular flexibility index (Phi) is 3.86. The first-order valence-electron chi connectivity index (χ1n) is 7.38. The van der Waals surface area contributed by atoms with Crippen molar-refractivity contribution in [3.63, 3.8) is 0 Å². The van der Waals surface area contributed by atoms with Crippen molar-refractivity contribution >= 4 is 0 Å². The molecule has 0 bridgehead atoms. The van der Waals surface area contributed by atoms with Crippen molar-refractivity contribution < 1.29 is 10.4 Å². The van der Waals surface area contributed by atoms with Crippen LogP contribution in [0.4, 0.5) is 0 Å². The first-order chi connectivity index (χ1) is 9.75. The lowest BCUT2D eigenvalue weighted by Crippen LogP contribution is -2.90. The summed E-state index contributed by atoms with van der Waals surface area (Å²) in [4.78, 5) is 0. The molecule has 2 heteroatoms. The van der Waals surface area contributed by atoms with Crippen LogP contribution in [0, 0.1) is 5.92 Å². The Morgan fingerprint density at radius 3 is 2.05 bits per heavy atom. The number of piperidine rings is 1. The first kappa shape index (κ1) is 13.3. The molecule has 0 amide bonds. The predicted octanol–water partition coefficient (Wildman–Crippen LogP) is 2.43. The third kappa shape index (κ3) is 2.62. The number of quaternary nitrogens is 1. The lowest BCUT2D eigenvalue weighted by molar-refractivity contribution is -0.752. The molecule has 0 spiro atoms. The normalized spacial score (nSPS) is 30.1. The van der Waals surface area contributed by atoms with Crippen LogP contribution in [0.2, 0.25) is 0 Å². The van der Waals surface area contributed by atoms with Gasteiger partial charge < -0.3 is 10.4 Å². The van der Waals surface area contributed by atoms with E-state index in [1.807, 2.05) is 12.1 Å². The average Bonchev–Trinajstić information content (AvgIpc) is 2.51. The van der Waals surface area contributed by atoms with E-state index in [4.69, 9.17) is 0 Å². The van der Waals surface area contributed by atoms with Crippen LogP contribution in [0.25, 0.3) is 0 Å². The molecule has 0 unspecified atom stereocenters. The molecule has 0 aromatic heterocycles. The van der Waals surface area contributed by atoms with Gasteiger partial charge in [-0.25, -0.2) is 0 Å². The van der Waals surface area contributed by atoms with E-state index < -0.39 is 0 Å². The number of nitrogens with two attached hydrogens (primary N) is 1. The van der Waals surface area contributed by atoms with Crippen LogP contribution in [0.5, 0.6) is 0 Å². The average molecular weight is 268 g/mol. The Labute approximate surface area is 120 Å². The summed E-state index contributed by atoms with van der Waals surface area (Å²) < 4.78 is 0. The van der Waals surface area contributed by atoms with E-state index in [2.05, 4.69) is 60.8 Å². The number of rotatable bonds is 2. The van der Waals surface area contributed by atoms with Gasteiger partial charge >= 0.3 is 0 Å². The van der Waals surface area contributed by atoms with Gasteiger partial charge in [0.15, 0.2) is 0 Å². The highest BCUT2D eigenvalue weighted by Gasteiger charge is 2.38. The maximum Gasteiger partial charge on any atom is 0.117 e. The molecule has 20 heavy (non-hydrogen) atoms. The van der Waals surface area contributed by atoms with Gasteiger partial charge in [0, 0.05) is 23.5 Å². The molecule has 1 saturated heterocycles. The molecular weight excluding hydrogens is 246 g/mol. The summed E-state index contributed by atoms with van der Waals surface area (Å²) in [5.74, 6) is 0.275. The second-order valence-electron chi connectivity index (χ2n) is 5.81. The number of aliphatic hydroxyl groups excluding tert-OH is 1. The van der Waals surface area contributed by atoms with E-state index in [9.17, 15) is 5.11 Å². The van der Waals surface area contributed by atoms with Gasteiger partial charge in [-0.2, -0.15) is 0 Å². The predicted molar refractivity (Wildman–Crippen MR) is 80.1 cm³/mol. The second-order valence-corrected chi connectivity index (χ2v) is 5.81. The Hall–Kier alpha value is -1.64. The van der Waals surface area contributed by atoms with Crippen molar-refractivity contribution in [2.75, 3.05) is 0 Å². The summed E-state index contributed by atoms with van der Waals surface area (Å²) >= 11 is 0. The maximum atomic E-state index is 10.4. The van der Waals surface area contributed by atoms with Gasteiger partial charge in [-0.05, 0) is 0 Å². The third-order valence-corrected chi connectivity index (χ3v) is 4.52. The molecule has 104 valence electrons. The molecule has 3 N–H and O–H groups in total. The smallest absolute Gasteiger partial charge is 0.117 e. The molecule has 2 aromatic carbocycles. The summed E-state index contributed by atoms with van der Waals surface area (Å²) in [7, 11) is 0. The quantitative estimate of drug-likeness (QED) is 0.862. The molecule has 4 atom stereocenters. The van der Waals surface area contributed by atoms with E-state index in [0.29, 0.717) is 12.1 Å². The standard InChI is InChI=1S/C18H21NO/c1-13-17(20)12-16(14-8-4-2-5-9-14)19-18(13)15-10-6-3-7-11-15/h2-11,13,16-20H,12H2,1H3/p+1/t13-,16+,17-,18-/m0/s1. The minimum Gasteiger partial charge on any atom is -0.392 e. The molecule has 3 rings (SSSR count). The number of hydrogen-bond acceptors (Lipinski definition) is 1. The van der Waals surface area contributed by atoms with Gasteiger partial charge in [-0.1, -0.05) is 67.6 Å².